The summed E-state index contributed by atoms with van der Waals surface area (Å²) in [6, 6.07) is 0. The van der Waals surface area contributed by atoms with E-state index < -0.39 is 32.5 Å². The molecule has 43 heavy (non-hydrogen) atoms. The number of hydrogen-bond acceptors (Lipinski definition) is 8. The van der Waals surface area contributed by atoms with Crippen molar-refractivity contribution in [3.05, 3.63) is 12.2 Å². The summed E-state index contributed by atoms with van der Waals surface area (Å²) in [4.78, 5) is 34.5. The summed E-state index contributed by atoms with van der Waals surface area (Å²) < 4.78 is 32.5. The van der Waals surface area contributed by atoms with Gasteiger partial charge in [-0.1, -0.05) is 116 Å². The van der Waals surface area contributed by atoms with E-state index in [0.29, 0.717) is 12.8 Å². The average Bonchev–Trinajstić information content (AvgIpc) is 2.99. The lowest BCUT2D eigenvalue weighted by Gasteiger charge is -2.19. The predicted octanol–water partition coefficient (Wildman–Crippen LogP) is 8.71. The van der Waals surface area contributed by atoms with E-state index in [0.717, 1.165) is 44.9 Å². The van der Waals surface area contributed by atoms with Crippen molar-refractivity contribution in [2.75, 3.05) is 26.4 Å². The maximum atomic E-state index is 12.4. The summed E-state index contributed by atoms with van der Waals surface area (Å²) in [5.74, 6) is -0.849. The molecule has 0 aromatic rings. The third-order valence-electron chi connectivity index (χ3n) is 7.15. The number of rotatable bonds is 32. The number of ether oxygens (including phenoxy) is 2. The Labute approximate surface area is 262 Å². The highest BCUT2D eigenvalue weighted by Gasteiger charge is 2.25. The zero-order valence-corrected chi connectivity index (χ0v) is 28.3. The molecule has 0 aromatic heterocycles. The summed E-state index contributed by atoms with van der Waals surface area (Å²) in [5.41, 5.74) is 5.31. The molecule has 10 heteroatoms. The average molecular weight is 634 g/mol. The lowest BCUT2D eigenvalue weighted by atomic mass is 10.1. The molecule has 0 saturated heterocycles. The number of nitrogens with two attached hydrogens (primary N) is 1. The molecule has 0 aromatic carbocycles. The number of esters is 2. The maximum absolute atomic E-state index is 12.4. The number of phosphoric acid groups is 1. The number of allylic oxidation sites excluding steroid dienone is 2. The van der Waals surface area contributed by atoms with E-state index in [4.69, 9.17) is 24.3 Å². The van der Waals surface area contributed by atoms with E-state index in [1.165, 1.54) is 70.6 Å². The summed E-state index contributed by atoms with van der Waals surface area (Å²) >= 11 is 0. The quantitative estimate of drug-likeness (QED) is 0.0323. The van der Waals surface area contributed by atoms with Crippen molar-refractivity contribution in [1.82, 2.24) is 0 Å². The van der Waals surface area contributed by atoms with Crippen LogP contribution in [0.15, 0.2) is 12.2 Å². The minimum Gasteiger partial charge on any atom is -0.462 e. The predicted molar refractivity (Wildman–Crippen MR) is 174 cm³/mol. The van der Waals surface area contributed by atoms with Crippen LogP contribution in [0.25, 0.3) is 0 Å². The Morgan fingerprint density at radius 1 is 0.674 bits per heavy atom. The molecule has 0 radical (unpaired) electrons. The van der Waals surface area contributed by atoms with Gasteiger partial charge in [0, 0.05) is 19.4 Å². The van der Waals surface area contributed by atoms with E-state index in [2.05, 4.69) is 26.0 Å². The molecule has 0 heterocycles. The topological polar surface area (TPSA) is 134 Å². The molecule has 0 aliphatic heterocycles. The fraction of sp³-hybridized carbons (Fsp3) is 0.879. The van der Waals surface area contributed by atoms with Gasteiger partial charge in [-0.05, 0) is 38.5 Å². The van der Waals surface area contributed by atoms with Crippen LogP contribution >= 0.6 is 7.82 Å². The molecule has 0 spiro atoms. The van der Waals surface area contributed by atoms with Gasteiger partial charge in [-0.3, -0.25) is 18.6 Å². The molecule has 2 atom stereocenters. The molecule has 1 unspecified atom stereocenters. The molecule has 0 bridgehead atoms. The third kappa shape index (κ3) is 30.6. The van der Waals surface area contributed by atoms with Gasteiger partial charge in [-0.15, -0.1) is 0 Å². The molecule has 9 nitrogen and oxygen atoms in total. The van der Waals surface area contributed by atoms with Crippen LogP contribution in [0.3, 0.4) is 0 Å². The van der Waals surface area contributed by atoms with Gasteiger partial charge < -0.3 is 20.1 Å². The molecule has 0 amide bonds. The molecule has 0 aliphatic carbocycles. The van der Waals surface area contributed by atoms with Crippen molar-refractivity contribution in [1.29, 1.82) is 0 Å². The van der Waals surface area contributed by atoms with Crippen LogP contribution < -0.4 is 5.73 Å². The van der Waals surface area contributed by atoms with Crippen LogP contribution in [-0.2, 0) is 32.7 Å². The first-order valence-corrected chi connectivity index (χ1v) is 18.7. The second-order valence-corrected chi connectivity index (χ2v) is 12.8. The zero-order valence-electron chi connectivity index (χ0n) is 27.4. The first kappa shape index (κ1) is 41.8. The Hall–Kier alpha value is -1.25. The van der Waals surface area contributed by atoms with Crippen molar-refractivity contribution in [2.45, 2.75) is 161 Å². The van der Waals surface area contributed by atoms with Crippen molar-refractivity contribution in [2.24, 2.45) is 5.73 Å². The van der Waals surface area contributed by atoms with Gasteiger partial charge in [-0.2, -0.15) is 0 Å². The van der Waals surface area contributed by atoms with Crippen LogP contribution in [0.1, 0.15) is 155 Å². The Morgan fingerprint density at radius 2 is 1.14 bits per heavy atom. The van der Waals surface area contributed by atoms with Crippen molar-refractivity contribution < 1.29 is 37.6 Å². The highest BCUT2D eigenvalue weighted by molar-refractivity contribution is 7.47. The van der Waals surface area contributed by atoms with Crippen LogP contribution in [0.4, 0.5) is 0 Å². The lowest BCUT2D eigenvalue weighted by molar-refractivity contribution is -0.161. The molecular formula is C33H64NO8P. The standard InChI is InChI=1S/C33H64NO8P/c1-3-5-7-9-11-13-14-15-16-18-19-21-23-25-32(35)39-29-31(30-41-43(37,38)40-28-27-34)42-33(36)26-24-22-20-17-12-10-8-6-4-2/h15-16,31H,3-14,17-30,34H2,1-2H3,(H,37,38)/b16-15+/t31-/m1/s1. The number of unbranched alkanes of at least 4 members (excludes halogenated alkanes) is 17. The summed E-state index contributed by atoms with van der Waals surface area (Å²) in [6.45, 7) is 3.66. The van der Waals surface area contributed by atoms with Gasteiger partial charge in [0.05, 0.1) is 13.2 Å². The van der Waals surface area contributed by atoms with Crippen LogP contribution in [0, 0.1) is 0 Å². The molecule has 0 saturated carbocycles. The van der Waals surface area contributed by atoms with E-state index in [-0.39, 0.29) is 32.6 Å². The summed E-state index contributed by atoms with van der Waals surface area (Å²) in [7, 11) is -4.36. The minimum absolute atomic E-state index is 0.0537. The van der Waals surface area contributed by atoms with Gasteiger partial charge in [0.2, 0.25) is 0 Å². The molecule has 3 N–H and O–H groups in total. The van der Waals surface area contributed by atoms with Crippen LogP contribution in [-0.4, -0.2) is 49.3 Å². The van der Waals surface area contributed by atoms with Crippen LogP contribution in [0.2, 0.25) is 0 Å². The maximum Gasteiger partial charge on any atom is 0.472 e. The number of carbonyl (C=O) groups excluding carboxylic acids is 2. The third-order valence-corrected chi connectivity index (χ3v) is 8.14. The van der Waals surface area contributed by atoms with Crippen molar-refractivity contribution in [3.63, 3.8) is 0 Å². The van der Waals surface area contributed by atoms with E-state index in [9.17, 15) is 19.0 Å². The van der Waals surface area contributed by atoms with Gasteiger partial charge in [-0.25, -0.2) is 4.57 Å². The molecule has 0 rings (SSSR count). The second-order valence-electron chi connectivity index (χ2n) is 11.4. The smallest absolute Gasteiger partial charge is 0.462 e. The monoisotopic (exact) mass is 633 g/mol. The van der Waals surface area contributed by atoms with E-state index in [1.807, 2.05) is 0 Å². The molecular weight excluding hydrogens is 569 g/mol. The SMILES string of the molecule is CCCCCCCC/C=C/CCCCCC(=O)OC[C@H](COP(=O)(O)OCCN)OC(=O)CCCCCCCCCCC. The fourth-order valence-electron chi connectivity index (χ4n) is 4.57. The highest BCUT2D eigenvalue weighted by atomic mass is 31.2. The van der Waals surface area contributed by atoms with Gasteiger partial charge >= 0.3 is 19.8 Å². The Balaban J connectivity index is 4.28. The second kappa shape index (κ2) is 30.8. The number of hydrogen-bond donors (Lipinski definition) is 2. The largest absolute Gasteiger partial charge is 0.472 e. The van der Waals surface area contributed by atoms with Crippen LogP contribution in [0.5, 0.6) is 0 Å². The normalized spacial score (nSPS) is 13.7. The molecule has 0 fully saturated rings. The van der Waals surface area contributed by atoms with E-state index in [1.54, 1.807) is 0 Å². The summed E-state index contributed by atoms with van der Waals surface area (Å²) in [5, 5.41) is 0. The van der Waals surface area contributed by atoms with Crippen molar-refractivity contribution >= 4 is 19.8 Å². The lowest BCUT2D eigenvalue weighted by Crippen LogP contribution is -2.29. The molecule has 0 aliphatic rings. The van der Waals surface area contributed by atoms with Crippen molar-refractivity contribution in [3.8, 4) is 0 Å². The number of carbonyl (C=O) groups is 2. The Morgan fingerprint density at radius 3 is 1.67 bits per heavy atom. The molecule has 254 valence electrons. The minimum atomic E-state index is -4.36. The first-order chi connectivity index (χ1) is 20.8. The van der Waals surface area contributed by atoms with Gasteiger partial charge in [0.1, 0.15) is 6.61 Å². The zero-order chi connectivity index (χ0) is 31.9. The fourth-order valence-corrected chi connectivity index (χ4v) is 5.33. The Kier molecular flexibility index (Phi) is 29.9. The summed E-state index contributed by atoms with van der Waals surface area (Å²) in [6.07, 6.45) is 26.8. The van der Waals surface area contributed by atoms with Gasteiger partial charge in [0.15, 0.2) is 6.10 Å². The highest BCUT2D eigenvalue weighted by Crippen LogP contribution is 2.43. The number of phosphoric ester groups is 1. The Bertz CT molecular complexity index is 734. The van der Waals surface area contributed by atoms with Gasteiger partial charge in [0.25, 0.3) is 0 Å². The van der Waals surface area contributed by atoms with E-state index >= 15 is 0 Å². The first-order valence-electron chi connectivity index (χ1n) is 17.2.